The quantitative estimate of drug-likeness (QED) is 0.829. The van der Waals surface area contributed by atoms with Crippen molar-refractivity contribution in [1.82, 2.24) is 10.3 Å². The van der Waals surface area contributed by atoms with Crippen molar-refractivity contribution in [3.63, 3.8) is 0 Å². The van der Waals surface area contributed by atoms with E-state index in [1.807, 2.05) is 0 Å². The molecular weight excluding hydrogens is 224 g/mol. The van der Waals surface area contributed by atoms with Gasteiger partial charge in [-0.05, 0) is 11.8 Å². The van der Waals surface area contributed by atoms with E-state index in [1.54, 1.807) is 18.0 Å². The third-order valence-corrected chi connectivity index (χ3v) is 2.96. The maximum Gasteiger partial charge on any atom is 0.270 e. The van der Waals surface area contributed by atoms with Crippen LogP contribution in [-0.2, 0) is 4.74 Å². The van der Waals surface area contributed by atoms with Gasteiger partial charge < -0.3 is 10.1 Å². The first-order valence-corrected chi connectivity index (χ1v) is 6.15. The van der Waals surface area contributed by atoms with Crippen molar-refractivity contribution in [2.75, 3.05) is 20.3 Å². The van der Waals surface area contributed by atoms with Crippen LogP contribution in [0.4, 0.5) is 0 Å². The van der Waals surface area contributed by atoms with Gasteiger partial charge in [0.1, 0.15) is 5.69 Å². The summed E-state index contributed by atoms with van der Waals surface area (Å²) in [5.41, 5.74) is 2.19. The van der Waals surface area contributed by atoms with E-state index in [0.29, 0.717) is 18.8 Å². The van der Waals surface area contributed by atoms with Gasteiger partial charge in [0.25, 0.3) is 5.91 Å². The van der Waals surface area contributed by atoms with Crippen molar-refractivity contribution in [3.05, 3.63) is 16.6 Å². The maximum absolute atomic E-state index is 11.6. The van der Waals surface area contributed by atoms with Crippen LogP contribution in [0, 0.1) is 5.41 Å². The molecule has 1 rings (SSSR count). The summed E-state index contributed by atoms with van der Waals surface area (Å²) in [6.07, 6.45) is 0.918. The Balaban J connectivity index is 2.36. The average Bonchev–Trinajstić information content (AvgIpc) is 2.77. The molecule has 1 N–H and O–H groups in total. The molecule has 1 aromatic heterocycles. The smallest absolute Gasteiger partial charge is 0.270 e. The number of nitrogens with one attached hydrogen (secondary N) is 1. The van der Waals surface area contributed by atoms with Crippen LogP contribution in [-0.4, -0.2) is 31.2 Å². The summed E-state index contributed by atoms with van der Waals surface area (Å²) < 4.78 is 5.03. The summed E-state index contributed by atoms with van der Waals surface area (Å²) in [6.45, 7) is 5.55. The minimum Gasteiger partial charge on any atom is -0.385 e. The SMILES string of the molecule is COCCC(C)(C)CNC(=O)c1cscn1. The second kappa shape index (κ2) is 5.96. The van der Waals surface area contributed by atoms with Crippen LogP contribution in [0.15, 0.2) is 10.9 Å². The first-order chi connectivity index (χ1) is 7.55. The highest BCUT2D eigenvalue weighted by Crippen LogP contribution is 2.18. The normalized spacial score (nSPS) is 11.4. The minimum atomic E-state index is -0.105. The van der Waals surface area contributed by atoms with Crippen molar-refractivity contribution in [2.45, 2.75) is 20.3 Å². The summed E-state index contributed by atoms with van der Waals surface area (Å²) in [4.78, 5) is 15.6. The minimum absolute atomic E-state index is 0.0433. The Bertz CT molecular complexity index is 323. The van der Waals surface area contributed by atoms with Gasteiger partial charge in [-0.1, -0.05) is 13.8 Å². The summed E-state index contributed by atoms with van der Waals surface area (Å²) in [5, 5.41) is 4.63. The summed E-state index contributed by atoms with van der Waals surface area (Å²) >= 11 is 1.42. The van der Waals surface area contributed by atoms with Gasteiger partial charge in [0, 0.05) is 25.6 Å². The summed E-state index contributed by atoms with van der Waals surface area (Å²) in [7, 11) is 1.68. The standard InChI is InChI=1S/C11H18N2O2S/c1-11(2,4-5-15-3)7-12-10(14)9-6-16-8-13-9/h6,8H,4-5,7H2,1-3H3,(H,12,14). The van der Waals surface area contributed by atoms with Gasteiger partial charge in [-0.15, -0.1) is 11.3 Å². The van der Waals surface area contributed by atoms with Gasteiger partial charge in [-0.3, -0.25) is 4.79 Å². The Morgan fingerprint density at radius 2 is 2.38 bits per heavy atom. The van der Waals surface area contributed by atoms with Crippen molar-refractivity contribution in [1.29, 1.82) is 0 Å². The number of carbonyl (C=O) groups excluding carboxylic acids is 1. The number of methoxy groups -OCH3 is 1. The lowest BCUT2D eigenvalue weighted by Crippen LogP contribution is -2.34. The second-order valence-electron chi connectivity index (χ2n) is 4.46. The number of thiazole rings is 1. The molecule has 1 heterocycles. The molecule has 0 aliphatic heterocycles. The lowest BCUT2D eigenvalue weighted by Gasteiger charge is -2.24. The topological polar surface area (TPSA) is 51.2 Å². The first-order valence-electron chi connectivity index (χ1n) is 5.20. The molecule has 0 bridgehead atoms. The molecule has 0 aliphatic carbocycles. The molecule has 0 saturated heterocycles. The number of carbonyl (C=O) groups is 1. The van der Waals surface area contributed by atoms with Gasteiger partial charge in [0.05, 0.1) is 5.51 Å². The highest BCUT2D eigenvalue weighted by molar-refractivity contribution is 7.07. The molecule has 16 heavy (non-hydrogen) atoms. The van der Waals surface area contributed by atoms with Gasteiger partial charge in [0.15, 0.2) is 0 Å². The van der Waals surface area contributed by atoms with E-state index < -0.39 is 0 Å². The van der Waals surface area contributed by atoms with E-state index in [4.69, 9.17) is 4.74 Å². The Kier molecular flexibility index (Phi) is 4.89. The van der Waals surface area contributed by atoms with Crippen LogP contribution in [0.3, 0.4) is 0 Å². The van der Waals surface area contributed by atoms with Crippen LogP contribution >= 0.6 is 11.3 Å². The van der Waals surface area contributed by atoms with E-state index in [0.717, 1.165) is 6.42 Å². The molecule has 0 saturated carbocycles. The molecular formula is C11H18N2O2S. The Morgan fingerprint density at radius 1 is 1.62 bits per heavy atom. The van der Waals surface area contributed by atoms with E-state index in [9.17, 15) is 4.79 Å². The zero-order valence-corrected chi connectivity index (χ0v) is 10.8. The van der Waals surface area contributed by atoms with E-state index in [1.165, 1.54) is 11.3 Å². The van der Waals surface area contributed by atoms with Gasteiger partial charge in [-0.25, -0.2) is 4.98 Å². The molecule has 4 nitrogen and oxygen atoms in total. The summed E-state index contributed by atoms with van der Waals surface area (Å²) in [5.74, 6) is -0.105. The lowest BCUT2D eigenvalue weighted by atomic mass is 9.90. The summed E-state index contributed by atoms with van der Waals surface area (Å²) in [6, 6.07) is 0. The molecule has 5 heteroatoms. The molecule has 1 amide bonds. The highest BCUT2D eigenvalue weighted by Gasteiger charge is 2.19. The van der Waals surface area contributed by atoms with E-state index >= 15 is 0 Å². The fourth-order valence-electron chi connectivity index (χ4n) is 1.20. The molecule has 0 atom stereocenters. The second-order valence-corrected chi connectivity index (χ2v) is 5.18. The van der Waals surface area contributed by atoms with Crippen LogP contribution in [0.2, 0.25) is 0 Å². The molecule has 0 aromatic carbocycles. The van der Waals surface area contributed by atoms with Crippen LogP contribution in [0.1, 0.15) is 30.8 Å². The van der Waals surface area contributed by atoms with Crippen molar-refractivity contribution >= 4 is 17.2 Å². The molecule has 90 valence electrons. The lowest BCUT2D eigenvalue weighted by molar-refractivity contribution is 0.0916. The molecule has 0 fully saturated rings. The van der Waals surface area contributed by atoms with Crippen molar-refractivity contribution in [2.24, 2.45) is 5.41 Å². The average molecular weight is 242 g/mol. The monoisotopic (exact) mass is 242 g/mol. The zero-order chi connectivity index (χ0) is 12.0. The first kappa shape index (κ1) is 13.1. The van der Waals surface area contributed by atoms with Crippen LogP contribution < -0.4 is 5.32 Å². The van der Waals surface area contributed by atoms with Gasteiger partial charge in [-0.2, -0.15) is 0 Å². The zero-order valence-electron chi connectivity index (χ0n) is 9.95. The number of hydrogen-bond donors (Lipinski definition) is 1. The predicted molar refractivity (Wildman–Crippen MR) is 64.7 cm³/mol. The van der Waals surface area contributed by atoms with Crippen molar-refractivity contribution < 1.29 is 9.53 Å². The maximum atomic E-state index is 11.6. The van der Waals surface area contributed by atoms with Crippen molar-refractivity contribution in [3.8, 4) is 0 Å². The number of nitrogens with zero attached hydrogens (tertiary/aromatic N) is 1. The van der Waals surface area contributed by atoms with Crippen LogP contribution in [0.5, 0.6) is 0 Å². The van der Waals surface area contributed by atoms with Gasteiger partial charge >= 0.3 is 0 Å². The van der Waals surface area contributed by atoms with E-state index in [2.05, 4.69) is 24.1 Å². The number of rotatable bonds is 6. The largest absolute Gasteiger partial charge is 0.385 e. The molecule has 0 radical (unpaired) electrons. The third-order valence-electron chi connectivity index (χ3n) is 2.38. The fourth-order valence-corrected chi connectivity index (χ4v) is 1.73. The third kappa shape index (κ3) is 4.28. The number of hydrogen-bond acceptors (Lipinski definition) is 4. The molecule has 0 spiro atoms. The Hall–Kier alpha value is -0.940. The Morgan fingerprint density at radius 3 is 2.94 bits per heavy atom. The predicted octanol–water partition coefficient (Wildman–Crippen LogP) is 1.94. The fraction of sp³-hybridized carbons (Fsp3) is 0.636. The highest BCUT2D eigenvalue weighted by atomic mass is 32.1. The van der Waals surface area contributed by atoms with Crippen LogP contribution in [0.25, 0.3) is 0 Å². The number of aromatic nitrogens is 1. The van der Waals surface area contributed by atoms with Gasteiger partial charge in [0.2, 0.25) is 0 Å². The number of amides is 1. The Labute approximate surface area is 100 Å². The molecule has 1 aromatic rings. The molecule has 0 aliphatic rings. The molecule has 0 unspecified atom stereocenters. The number of ether oxygens (including phenoxy) is 1. The van der Waals surface area contributed by atoms with E-state index in [-0.39, 0.29) is 11.3 Å².